The summed E-state index contributed by atoms with van der Waals surface area (Å²) in [5, 5.41) is 0. The molecule has 0 aliphatic heterocycles. The molecule has 0 aliphatic rings. The number of hydrogen-bond donors (Lipinski definition) is 1. The van der Waals surface area contributed by atoms with Gasteiger partial charge >= 0.3 is 6.18 Å². The molecule has 3 nitrogen and oxygen atoms in total. The molecule has 1 heterocycles. The van der Waals surface area contributed by atoms with E-state index in [1.165, 1.54) is 12.1 Å². The summed E-state index contributed by atoms with van der Waals surface area (Å²) in [7, 11) is 0. The zero-order valence-corrected chi connectivity index (χ0v) is 12.0. The van der Waals surface area contributed by atoms with Crippen molar-refractivity contribution >= 4 is 32.7 Å². The van der Waals surface area contributed by atoms with Gasteiger partial charge in [-0.05, 0) is 52.3 Å². The van der Waals surface area contributed by atoms with E-state index in [0.717, 1.165) is 12.1 Å². The van der Waals surface area contributed by atoms with Crippen molar-refractivity contribution in [3.05, 3.63) is 46.4 Å². The van der Waals surface area contributed by atoms with E-state index in [1.54, 1.807) is 12.1 Å². The van der Waals surface area contributed by atoms with E-state index < -0.39 is 11.7 Å². The number of alkyl halides is 3. The Morgan fingerprint density at radius 1 is 1.05 bits per heavy atom. The number of nitrogens with two attached hydrogens (primary N) is 1. The minimum atomic E-state index is -4.37. The number of anilines is 1. The lowest BCUT2D eigenvalue weighted by molar-refractivity contribution is -0.137. The molecular weight excluding hydrogens is 349 g/mol. The lowest BCUT2D eigenvalue weighted by Gasteiger charge is -2.05. The highest BCUT2D eigenvalue weighted by Gasteiger charge is 2.30. The molecule has 0 atom stereocenters. The monoisotopic (exact) mass is 356 g/mol. The van der Waals surface area contributed by atoms with Gasteiger partial charge in [-0.15, -0.1) is 0 Å². The second-order valence-corrected chi connectivity index (χ2v) is 5.26. The zero-order valence-electron chi connectivity index (χ0n) is 10.4. The average Bonchev–Trinajstić information content (AvgIpc) is 2.89. The Morgan fingerprint density at radius 2 is 1.71 bits per heavy atom. The number of hydrogen-bond acceptors (Lipinski definition) is 3. The Kier molecular flexibility index (Phi) is 3.16. The van der Waals surface area contributed by atoms with Crippen molar-refractivity contribution in [1.82, 2.24) is 4.98 Å². The van der Waals surface area contributed by atoms with Gasteiger partial charge in [0.15, 0.2) is 5.58 Å². The molecule has 3 rings (SSSR count). The molecule has 3 aromatic rings. The molecule has 7 heteroatoms. The molecule has 0 amide bonds. The standard InChI is InChI=1S/C14H8BrF3N2O/c15-9-5-6-10(19)11-12(9)21-13(20-11)7-1-3-8(4-2-7)14(16,17)18/h1-6H,19H2. The quantitative estimate of drug-likeness (QED) is 0.633. The number of benzene rings is 2. The summed E-state index contributed by atoms with van der Waals surface area (Å²) in [5.74, 6) is 0.220. The van der Waals surface area contributed by atoms with Crippen LogP contribution in [0, 0.1) is 0 Å². The normalized spacial score (nSPS) is 12.0. The van der Waals surface area contributed by atoms with Crippen molar-refractivity contribution in [2.75, 3.05) is 5.73 Å². The molecule has 2 aromatic carbocycles. The fraction of sp³-hybridized carbons (Fsp3) is 0.0714. The molecule has 0 fully saturated rings. The Balaban J connectivity index is 2.09. The Morgan fingerprint density at radius 3 is 2.29 bits per heavy atom. The van der Waals surface area contributed by atoms with Crippen LogP contribution >= 0.6 is 15.9 Å². The van der Waals surface area contributed by atoms with Crippen molar-refractivity contribution in [2.24, 2.45) is 0 Å². The average molecular weight is 357 g/mol. The summed E-state index contributed by atoms with van der Waals surface area (Å²) in [6.07, 6.45) is -4.37. The summed E-state index contributed by atoms with van der Waals surface area (Å²) in [6.45, 7) is 0. The molecule has 0 spiro atoms. The van der Waals surface area contributed by atoms with Crippen LogP contribution in [0.5, 0.6) is 0 Å². The number of halogens is 4. The maximum absolute atomic E-state index is 12.5. The van der Waals surface area contributed by atoms with Crippen LogP contribution in [-0.4, -0.2) is 4.98 Å². The maximum Gasteiger partial charge on any atom is 0.416 e. The fourth-order valence-electron chi connectivity index (χ4n) is 1.92. The van der Waals surface area contributed by atoms with Gasteiger partial charge in [0, 0.05) is 5.56 Å². The number of rotatable bonds is 1. The van der Waals surface area contributed by atoms with Crippen molar-refractivity contribution in [3.63, 3.8) is 0 Å². The number of nitrogens with zero attached hydrogens (tertiary/aromatic N) is 1. The largest absolute Gasteiger partial charge is 0.435 e. The first kappa shape index (κ1) is 13.9. The second-order valence-electron chi connectivity index (χ2n) is 4.41. The first-order valence-corrected chi connectivity index (χ1v) is 6.68. The molecule has 0 aliphatic carbocycles. The molecule has 1 aromatic heterocycles. The van der Waals surface area contributed by atoms with Gasteiger partial charge in [-0.1, -0.05) is 0 Å². The van der Waals surface area contributed by atoms with Crippen molar-refractivity contribution in [3.8, 4) is 11.5 Å². The van der Waals surface area contributed by atoms with E-state index in [4.69, 9.17) is 10.2 Å². The summed E-state index contributed by atoms with van der Waals surface area (Å²) in [6, 6.07) is 8.01. The number of oxazole rings is 1. The number of fused-ring (bicyclic) bond motifs is 1. The lowest BCUT2D eigenvalue weighted by atomic mass is 10.1. The van der Waals surface area contributed by atoms with Crippen molar-refractivity contribution in [1.29, 1.82) is 0 Å². The van der Waals surface area contributed by atoms with Crippen LogP contribution in [0.2, 0.25) is 0 Å². The summed E-state index contributed by atoms with van der Waals surface area (Å²) in [4.78, 5) is 4.23. The van der Waals surface area contributed by atoms with Crippen molar-refractivity contribution < 1.29 is 17.6 Å². The highest BCUT2D eigenvalue weighted by atomic mass is 79.9. The molecule has 108 valence electrons. The van der Waals surface area contributed by atoms with E-state index in [0.29, 0.717) is 26.8 Å². The van der Waals surface area contributed by atoms with E-state index in [2.05, 4.69) is 20.9 Å². The minimum Gasteiger partial charge on any atom is -0.435 e. The third kappa shape index (κ3) is 2.49. The van der Waals surface area contributed by atoms with E-state index in [1.807, 2.05) is 0 Å². The summed E-state index contributed by atoms with van der Waals surface area (Å²) in [5.41, 5.74) is 6.91. The molecule has 2 N–H and O–H groups in total. The highest BCUT2D eigenvalue weighted by molar-refractivity contribution is 9.10. The highest BCUT2D eigenvalue weighted by Crippen LogP contribution is 2.34. The van der Waals surface area contributed by atoms with Crippen LogP contribution in [0.4, 0.5) is 18.9 Å². The van der Waals surface area contributed by atoms with Crippen LogP contribution in [0.3, 0.4) is 0 Å². The minimum absolute atomic E-state index is 0.220. The Bertz CT molecular complexity index is 770. The van der Waals surface area contributed by atoms with E-state index in [-0.39, 0.29) is 5.89 Å². The third-order valence-electron chi connectivity index (χ3n) is 2.99. The summed E-state index contributed by atoms with van der Waals surface area (Å²) >= 11 is 3.32. The molecule has 0 unspecified atom stereocenters. The molecular formula is C14H8BrF3N2O. The first-order valence-electron chi connectivity index (χ1n) is 5.88. The third-order valence-corrected chi connectivity index (χ3v) is 3.61. The smallest absolute Gasteiger partial charge is 0.416 e. The van der Waals surface area contributed by atoms with Gasteiger partial charge in [0.1, 0.15) is 5.52 Å². The predicted molar refractivity (Wildman–Crippen MR) is 76.6 cm³/mol. The van der Waals surface area contributed by atoms with E-state index in [9.17, 15) is 13.2 Å². The van der Waals surface area contributed by atoms with Crippen molar-refractivity contribution in [2.45, 2.75) is 6.18 Å². The van der Waals surface area contributed by atoms with Gasteiger partial charge in [0.25, 0.3) is 0 Å². The van der Waals surface area contributed by atoms with Crippen LogP contribution in [-0.2, 0) is 6.18 Å². The second kappa shape index (κ2) is 4.77. The molecule has 0 radical (unpaired) electrons. The van der Waals surface area contributed by atoms with Gasteiger partial charge in [0.2, 0.25) is 5.89 Å². The Labute approximate surface area is 125 Å². The van der Waals surface area contributed by atoms with E-state index >= 15 is 0 Å². The van der Waals surface area contributed by atoms with Crippen LogP contribution < -0.4 is 5.73 Å². The van der Waals surface area contributed by atoms with Gasteiger partial charge < -0.3 is 10.2 Å². The zero-order chi connectivity index (χ0) is 15.2. The molecule has 0 saturated carbocycles. The first-order chi connectivity index (χ1) is 9.86. The topological polar surface area (TPSA) is 52.0 Å². The van der Waals surface area contributed by atoms with Crippen LogP contribution in [0.25, 0.3) is 22.6 Å². The summed E-state index contributed by atoms with van der Waals surface area (Å²) < 4.78 is 43.9. The fourth-order valence-corrected chi connectivity index (χ4v) is 2.32. The van der Waals surface area contributed by atoms with Gasteiger partial charge in [-0.2, -0.15) is 13.2 Å². The van der Waals surface area contributed by atoms with Gasteiger partial charge in [0.05, 0.1) is 15.7 Å². The van der Waals surface area contributed by atoms with Gasteiger partial charge in [-0.25, -0.2) is 4.98 Å². The molecule has 21 heavy (non-hydrogen) atoms. The molecule has 0 bridgehead atoms. The van der Waals surface area contributed by atoms with Gasteiger partial charge in [-0.3, -0.25) is 0 Å². The SMILES string of the molecule is Nc1ccc(Br)c2oc(-c3ccc(C(F)(F)F)cc3)nc12. The predicted octanol–water partition coefficient (Wildman–Crippen LogP) is 4.86. The maximum atomic E-state index is 12.5. The lowest BCUT2D eigenvalue weighted by Crippen LogP contribution is -2.03. The van der Waals surface area contributed by atoms with Crippen LogP contribution in [0.1, 0.15) is 5.56 Å². The number of nitrogen functional groups attached to an aromatic ring is 1. The van der Waals surface area contributed by atoms with Crippen LogP contribution in [0.15, 0.2) is 45.3 Å². The number of aromatic nitrogens is 1. The molecule has 0 saturated heterocycles. The Hall–Kier alpha value is -2.02.